The molecular weight excluding hydrogens is 406 g/mol. The van der Waals surface area contributed by atoms with Crippen LogP contribution >= 0.6 is 11.6 Å². The Hall–Kier alpha value is -2.62. The lowest BCUT2D eigenvalue weighted by Gasteiger charge is -2.19. The van der Waals surface area contributed by atoms with Crippen LogP contribution in [-0.4, -0.2) is 44.7 Å². The Morgan fingerprint density at radius 3 is 2.39 bits per heavy atom. The first kappa shape index (κ1) is 21.7. The summed E-state index contributed by atoms with van der Waals surface area (Å²) in [6, 6.07) is 10.2. The molecule has 0 unspecified atom stereocenters. The quantitative estimate of drug-likeness (QED) is 0.671. The van der Waals surface area contributed by atoms with Crippen LogP contribution in [0.5, 0.6) is 5.75 Å². The van der Waals surface area contributed by atoms with Gasteiger partial charge >= 0.3 is 0 Å². The molecule has 0 heterocycles. The number of nitrogens with two attached hydrogens (primary N) is 1. The van der Waals surface area contributed by atoms with Crippen LogP contribution in [-0.2, 0) is 14.8 Å². The third kappa shape index (κ3) is 5.22. The van der Waals surface area contributed by atoms with Crippen molar-refractivity contribution in [3.05, 3.63) is 53.1 Å². The Morgan fingerprint density at radius 1 is 1.18 bits per heavy atom. The molecule has 28 heavy (non-hydrogen) atoms. The summed E-state index contributed by atoms with van der Waals surface area (Å²) in [5.74, 6) is -0.991. The van der Waals surface area contributed by atoms with Gasteiger partial charge in [-0.3, -0.25) is 9.59 Å². The fourth-order valence-electron chi connectivity index (χ4n) is 2.33. The zero-order valence-electron chi connectivity index (χ0n) is 15.3. The molecule has 0 bridgehead atoms. The van der Waals surface area contributed by atoms with Gasteiger partial charge in [0.1, 0.15) is 10.6 Å². The van der Waals surface area contributed by atoms with E-state index in [9.17, 15) is 18.0 Å². The van der Waals surface area contributed by atoms with Gasteiger partial charge in [0.15, 0.2) is 0 Å². The van der Waals surface area contributed by atoms with E-state index in [0.29, 0.717) is 11.3 Å². The third-order valence-corrected chi connectivity index (χ3v) is 5.77. The summed E-state index contributed by atoms with van der Waals surface area (Å²) in [6.07, 6.45) is 0. The van der Waals surface area contributed by atoms with Crippen molar-refractivity contribution in [2.45, 2.75) is 11.8 Å². The molecule has 2 rings (SSSR count). The van der Waals surface area contributed by atoms with Crippen molar-refractivity contribution in [1.82, 2.24) is 4.31 Å². The largest absolute Gasteiger partial charge is 0.492 e. The van der Waals surface area contributed by atoms with Gasteiger partial charge in [0.25, 0.3) is 0 Å². The molecule has 0 fully saturated rings. The number of carbonyl (C=O) groups excluding carboxylic acids is 2. The first-order chi connectivity index (χ1) is 13.1. The normalized spacial score (nSPS) is 11.3. The summed E-state index contributed by atoms with van der Waals surface area (Å²) in [7, 11) is -2.74. The molecule has 0 atom stereocenters. The predicted octanol–water partition coefficient (Wildman–Crippen LogP) is 2.10. The number of rotatable bonds is 8. The summed E-state index contributed by atoms with van der Waals surface area (Å²) in [6.45, 7) is 1.57. The van der Waals surface area contributed by atoms with Crippen LogP contribution in [0.2, 0.25) is 5.02 Å². The fraction of sp³-hybridized carbons (Fsp3) is 0.222. The van der Waals surface area contributed by atoms with E-state index in [1.165, 1.54) is 49.5 Å². The SMILES string of the molecule is CCOc1ccc(Cl)cc1S(=O)(=O)N(C)CC(=O)Nc1ccc(C(N)=O)cc1. The van der Waals surface area contributed by atoms with Crippen molar-refractivity contribution in [2.75, 3.05) is 25.5 Å². The van der Waals surface area contributed by atoms with Crippen LogP contribution in [0.25, 0.3) is 0 Å². The van der Waals surface area contributed by atoms with Crippen molar-refractivity contribution in [3.63, 3.8) is 0 Å². The average Bonchev–Trinajstić information content (AvgIpc) is 2.63. The molecule has 0 aliphatic heterocycles. The van der Waals surface area contributed by atoms with Gasteiger partial charge in [-0.1, -0.05) is 11.6 Å². The molecule has 2 amide bonds. The average molecular weight is 426 g/mol. The van der Waals surface area contributed by atoms with Crippen LogP contribution in [0.1, 0.15) is 17.3 Å². The molecule has 0 aliphatic carbocycles. The summed E-state index contributed by atoms with van der Waals surface area (Å²) in [5, 5.41) is 2.79. The van der Waals surface area contributed by atoms with Crippen molar-refractivity contribution < 1.29 is 22.7 Å². The lowest BCUT2D eigenvalue weighted by atomic mass is 10.2. The van der Waals surface area contributed by atoms with Gasteiger partial charge in [0.05, 0.1) is 13.2 Å². The zero-order chi connectivity index (χ0) is 20.9. The molecule has 0 aliphatic rings. The maximum atomic E-state index is 12.8. The number of hydrogen-bond donors (Lipinski definition) is 2. The molecular formula is C18H20ClN3O5S. The third-order valence-electron chi connectivity index (χ3n) is 3.71. The molecule has 2 aromatic carbocycles. The van der Waals surface area contributed by atoms with E-state index < -0.39 is 28.4 Å². The van der Waals surface area contributed by atoms with Crippen LogP contribution in [0.15, 0.2) is 47.4 Å². The van der Waals surface area contributed by atoms with Crippen LogP contribution in [0.4, 0.5) is 5.69 Å². The number of benzene rings is 2. The number of carbonyl (C=O) groups is 2. The van der Waals surface area contributed by atoms with Gasteiger partial charge in [-0.2, -0.15) is 4.31 Å². The minimum atomic E-state index is -4.02. The van der Waals surface area contributed by atoms with E-state index in [2.05, 4.69) is 5.32 Å². The van der Waals surface area contributed by atoms with Crippen LogP contribution in [0, 0.1) is 0 Å². The minimum Gasteiger partial charge on any atom is -0.492 e. The molecule has 150 valence electrons. The van der Waals surface area contributed by atoms with Gasteiger partial charge in [0, 0.05) is 23.3 Å². The van der Waals surface area contributed by atoms with E-state index in [0.717, 1.165) is 4.31 Å². The number of nitrogens with zero attached hydrogens (tertiary/aromatic N) is 1. The standard InChI is InChI=1S/C18H20ClN3O5S/c1-3-27-15-9-6-13(19)10-16(15)28(25,26)22(2)11-17(23)21-14-7-4-12(5-8-14)18(20)24/h4-10H,3,11H2,1-2H3,(H2,20,24)(H,21,23). The van der Waals surface area contributed by atoms with Gasteiger partial charge in [-0.05, 0) is 49.4 Å². The van der Waals surface area contributed by atoms with Crippen molar-refractivity contribution in [3.8, 4) is 5.75 Å². The molecule has 0 saturated carbocycles. The van der Waals surface area contributed by atoms with E-state index >= 15 is 0 Å². The number of ether oxygens (including phenoxy) is 1. The van der Waals surface area contributed by atoms with Gasteiger partial charge in [-0.25, -0.2) is 8.42 Å². The Labute approximate surface area is 168 Å². The summed E-state index contributed by atoms with van der Waals surface area (Å²) in [5.41, 5.74) is 5.85. The van der Waals surface area contributed by atoms with Crippen molar-refractivity contribution in [2.24, 2.45) is 5.73 Å². The minimum absolute atomic E-state index is 0.122. The van der Waals surface area contributed by atoms with Crippen molar-refractivity contribution in [1.29, 1.82) is 0 Å². The number of anilines is 1. The van der Waals surface area contributed by atoms with Gasteiger partial charge in [-0.15, -0.1) is 0 Å². The summed E-state index contributed by atoms with van der Waals surface area (Å²) in [4.78, 5) is 23.2. The molecule has 0 radical (unpaired) electrons. The molecule has 0 aromatic heterocycles. The summed E-state index contributed by atoms with van der Waals surface area (Å²) >= 11 is 5.93. The maximum absolute atomic E-state index is 12.8. The van der Waals surface area contributed by atoms with E-state index in [1.807, 2.05) is 0 Å². The maximum Gasteiger partial charge on any atom is 0.248 e. The summed E-state index contributed by atoms with van der Waals surface area (Å²) < 4.78 is 31.9. The number of nitrogens with one attached hydrogen (secondary N) is 1. The Bertz CT molecular complexity index is 977. The lowest BCUT2D eigenvalue weighted by Crippen LogP contribution is -2.35. The second-order valence-corrected chi connectivity index (χ2v) is 8.22. The number of halogens is 1. The fourth-order valence-corrected chi connectivity index (χ4v) is 3.85. The molecule has 3 N–H and O–H groups in total. The molecule has 0 saturated heterocycles. The van der Waals surface area contributed by atoms with E-state index in [1.54, 1.807) is 6.92 Å². The first-order valence-electron chi connectivity index (χ1n) is 8.23. The topological polar surface area (TPSA) is 119 Å². The Balaban J connectivity index is 2.14. The van der Waals surface area contributed by atoms with E-state index in [4.69, 9.17) is 22.1 Å². The van der Waals surface area contributed by atoms with Crippen molar-refractivity contribution >= 4 is 39.1 Å². The zero-order valence-corrected chi connectivity index (χ0v) is 16.9. The number of amides is 2. The first-order valence-corrected chi connectivity index (χ1v) is 10.1. The van der Waals surface area contributed by atoms with E-state index in [-0.39, 0.29) is 22.3 Å². The van der Waals surface area contributed by atoms with Gasteiger partial charge < -0.3 is 15.8 Å². The molecule has 0 spiro atoms. The lowest BCUT2D eigenvalue weighted by molar-refractivity contribution is -0.116. The highest BCUT2D eigenvalue weighted by Crippen LogP contribution is 2.29. The Morgan fingerprint density at radius 2 is 1.82 bits per heavy atom. The van der Waals surface area contributed by atoms with Gasteiger partial charge in [0.2, 0.25) is 21.8 Å². The highest BCUT2D eigenvalue weighted by molar-refractivity contribution is 7.89. The second kappa shape index (κ2) is 9.05. The highest BCUT2D eigenvalue weighted by atomic mass is 35.5. The second-order valence-electron chi connectivity index (χ2n) is 5.77. The molecule has 2 aromatic rings. The van der Waals surface area contributed by atoms with Crippen LogP contribution in [0.3, 0.4) is 0 Å². The Kier molecular flexibility index (Phi) is 7.00. The predicted molar refractivity (Wildman–Crippen MR) is 106 cm³/mol. The number of hydrogen-bond acceptors (Lipinski definition) is 5. The molecule has 10 heteroatoms. The smallest absolute Gasteiger partial charge is 0.248 e. The van der Waals surface area contributed by atoms with Crippen LogP contribution < -0.4 is 15.8 Å². The number of likely N-dealkylation sites (N-methyl/N-ethyl adjacent to an activating group) is 1. The number of sulfonamides is 1. The number of primary amides is 1. The molecule has 8 nitrogen and oxygen atoms in total. The highest BCUT2D eigenvalue weighted by Gasteiger charge is 2.27. The monoisotopic (exact) mass is 425 g/mol.